The highest BCUT2D eigenvalue weighted by atomic mass is 79.9. The number of carbonyl (C=O) groups excluding carboxylic acids is 1. The number of benzene rings is 2. The molecule has 3 rings (SSSR count). The van der Waals surface area contributed by atoms with Gasteiger partial charge in [-0.1, -0.05) is 46.3 Å². The van der Waals surface area contributed by atoms with Gasteiger partial charge in [0.05, 0.1) is 16.5 Å². The highest BCUT2D eigenvalue weighted by Gasteiger charge is 2.40. The number of aromatic carboxylic acids is 1. The second kappa shape index (κ2) is 6.37. The minimum Gasteiger partial charge on any atom is -0.478 e. The Morgan fingerprint density at radius 2 is 1.91 bits per heavy atom. The van der Waals surface area contributed by atoms with Crippen molar-refractivity contribution in [1.29, 1.82) is 0 Å². The first kappa shape index (κ1) is 16.1. The molecule has 0 aromatic heterocycles. The molecule has 2 aromatic rings. The normalized spacial score (nSPS) is 20.8. The Hall–Kier alpha value is -1.79. The molecule has 1 aliphatic rings. The molecule has 6 heteroatoms. The number of hydrogen-bond donors (Lipinski definition) is 1. The summed E-state index contributed by atoms with van der Waals surface area (Å²) >= 11 is 4.81. The molecular formula is C17H14BrNO3S. The third-order valence-corrected chi connectivity index (χ3v) is 5.53. The molecule has 0 radical (unpaired) electrons. The van der Waals surface area contributed by atoms with Crippen LogP contribution in [0.5, 0.6) is 0 Å². The predicted octanol–water partition coefficient (Wildman–Crippen LogP) is 4.31. The summed E-state index contributed by atoms with van der Waals surface area (Å²) in [7, 11) is 0. The average molecular weight is 392 g/mol. The van der Waals surface area contributed by atoms with Crippen LogP contribution in [0.2, 0.25) is 0 Å². The molecule has 1 fully saturated rings. The molecule has 4 nitrogen and oxygen atoms in total. The molecule has 0 spiro atoms. The van der Waals surface area contributed by atoms with Gasteiger partial charge >= 0.3 is 5.97 Å². The van der Waals surface area contributed by atoms with Crippen molar-refractivity contribution in [3.8, 4) is 0 Å². The van der Waals surface area contributed by atoms with E-state index in [9.17, 15) is 14.7 Å². The lowest BCUT2D eigenvalue weighted by Crippen LogP contribution is -2.31. The number of hydrogen-bond acceptors (Lipinski definition) is 3. The van der Waals surface area contributed by atoms with Crippen LogP contribution < -0.4 is 4.90 Å². The Morgan fingerprint density at radius 1 is 1.22 bits per heavy atom. The van der Waals surface area contributed by atoms with E-state index in [4.69, 9.17) is 0 Å². The summed E-state index contributed by atoms with van der Waals surface area (Å²) < 4.78 is 0.669. The van der Waals surface area contributed by atoms with E-state index >= 15 is 0 Å². The van der Waals surface area contributed by atoms with Gasteiger partial charge in [0, 0.05) is 4.47 Å². The lowest BCUT2D eigenvalue weighted by Gasteiger charge is -2.25. The topological polar surface area (TPSA) is 57.6 Å². The Bertz CT molecular complexity index is 766. The Kier molecular flexibility index (Phi) is 4.46. The lowest BCUT2D eigenvalue weighted by molar-refractivity contribution is -0.117. The van der Waals surface area contributed by atoms with Gasteiger partial charge in [-0.15, -0.1) is 11.8 Å². The van der Waals surface area contributed by atoms with Crippen molar-refractivity contribution in [3.63, 3.8) is 0 Å². The number of amides is 1. The van der Waals surface area contributed by atoms with E-state index in [-0.39, 0.29) is 22.1 Å². The standard InChI is InChI=1S/C17H14BrNO3S/c1-10-15(20)19(16(23-10)11-5-3-2-4-6-11)14-8-7-12(18)9-13(14)17(21)22/h2-10,16H,1H3,(H,21,22). The number of carbonyl (C=O) groups is 2. The molecule has 1 heterocycles. The van der Waals surface area contributed by atoms with Crippen molar-refractivity contribution in [1.82, 2.24) is 0 Å². The van der Waals surface area contributed by atoms with Crippen LogP contribution in [0.15, 0.2) is 53.0 Å². The van der Waals surface area contributed by atoms with Gasteiger partial charge in [0.2, 0.25) is 5.91 Å². The second-order valence-electron chi connectivity index (χ2n) is 5.22. The van der Waals surface area contributed by atoms with E-state index in [0.29, 0.717) is 10.2 Å². The summed E-state index contributed by atoms with van der Waals surface area (Å²) in [6.07, 6.45) is 0. The van der Waals surface area contributed by atoms with Crippen molar-refractivity contribution < 1.29 is 14.7 Å². The Labute approximate surface area is 146 Å². The summed E-state index contributed by atoms with van der Waals surface area (Å²) in [6, 6.07) is 14.6. The molecule has 2 unspecified atom stereocenters. The maximum Gasteiger partial charge on any atom is 0.337 e. The van der Waals surface area contributed by atoms with Gasteiger partial charge in [0.1, 0.15) is 5.37 Å². The third-order valence-electron chi connectivity index (χ3n) is 3.69. The highest BCUT2D eigenvalue weighted by molar-refractivity contribution is 9.10. The van der Waals surface area contributed by atoms with Crippen molar-refractivity contribution >= 4 is 45.3 Å². The minimum absolute atomic E-state index is 0.0753. The number of carboxylic acids is 1. The van der Waals surface area contributed by atoms with Crippen molar-refractivity contribution in [2.45, 2.75) is 17.5 Å². The van der Waals surface area contributed by atoms with Gasteiger partial charge in [-0.25, -0.2) is 4.79 Å². The molecule has 1 saturated heterocycles. The number of nitrogens with zero attached hydrogens (tertiary/aromatic N) is 1. The van der Waals surface area contributed by atoms with Crippen LogP contribution in [0.4, 0.5) is 5.69 Å². The van der Waals surface area contributed by atoms with Gasteiger partial charge in [0.25, 0.3) is 0 Å². The van der Waals surface area contributed by atoms with Gasteiger partial charge in [0.15, 0.2) is 0 Å². The van der Waals surface area contributed by atoms with Crippen molar-refractivity contribution in [3.05, 3.63) is 64.1 Å². The van der Waals surface area contributed by atoms with Crippen LogP contribution in [-0.2, 0) is 4.79 Å². The molecule has 1 N–H and O–H groups in total. The number of carboxylic acid groups (broad SMARTS) is 1. The summed E-state index contributed by atoms with van der Waals surface area (Å²) in [5.41, 5.74) is 1.52. The van der Waals surface area contributed by atoms with Gasteiger partial charge in [-0.3, -0.25) is 9.69 Å². The molecule has 1 amide bonds. The molecular weight excluding hydrogens is 378 g/mol. The quantitative estimate of drug-likeness (QED) is 0.846. The molecule has 1 aliphatic heterocycles. The third kappa shape index (κ3) is 3.01. The van der Waals surface area contributed by atoms with Crippen LogP contribution in [0.3, 0.4) is 0 Å². The van der Waals surface area contributed by atoms with Crippen LogP contribution in [0.25, 0.3) is 0 Å². The zero-order valence-electron chi connectivity index (χ0n) is 12.3. The van der Waals surface area contributed by atoms with Gasteiger partial charge in [-0.2, -0.15) is 0 Å². The predicted molar refractivity (Wildman–Crippen MR) is 94.8 cm³/mol. The molecule has 2 atom stereocenters. The molecule has 23 heavy (non-hydrogen) atoms. The van der Waals surface area contributed by atoms with E-state index in [1.165, 1.54) is 17.8 Å². The number of thioether (sulfide) groups is 1. The largest absolute Gasteiger partial charge is 0.478 e. The number of halogens is 1. The highest BCUT2D eigenvalue weighted by Crippen LogP contribution is 2.46. The maximum absolute atomic E-state index is 12.6. The maximum atomic E-state index is 12.6. The lowest BCUT2D eigenvalue weighted by atomic mass is 10.1. The fourth-order valence-electron chi connectivity index (χ4n) is 2.60. The minimum atomic E-state index is -1.05. The van der Waals surface area contributed by atoms with E-state index in [2.05, 4.69) is 15.9 Å². The Morgan fingerprint density at radius 3 is 2.57 bits per heavy atom. The van der Waals surface area contributed by atoms with Crippen LogP contribution in [0.1, 0.15) is 28.2 Å². The smallest absolute Gasteiger partial charge is 0.337 e. The fourth-order valence-corrected chi connectivity index (χ4v) is 4.24. The summed E-state index contributed by atoms with van der Waals surface area (Å²) in [5.74, 6) is -1.13. The molecule has 0 saturated carbocycles. The fraction of sp³-hybridized carbons (Fsp3) is 0.176. The van der Waals surface area contributed by atoms with Crippen molar-refractivity contribution in [2.75, 3.05) is 4.90 Å². The van der Waals surface area contributed by atoms with E-state index in [0.717, 1.165) is 5.56 Å². The van der Waals surface area contributed by atoms with E-state index in [1.807, 2.05) is 37.3 Å². The first-order valence-corrected chi connectivity index (χ1v) is 8.79. The molecule has 118 valence electrons. The first-order chi connectivity index (χ1) is 11.0. The second-order valence-corrected chi connectivity index (χ2v) is 7.56. The van der Waals surface area contributed by atoms with Gasteiger partial charge < -0.3 is 5.11 Å². The van der Waals surface area contributed by atoms with Gasteiger partial charge in [-0.05, 0) is 30.7 Å². The van der Waals surface area contributed by atoms with Crippen LogP contribution in [0, 0.1) is 0 Å². The number of anilines is 1. The van der Waals surface area contributed by atoms with E-state index in [1.54, 1.807) is 17.0 Å². The first-order valence-electron chi connectivity index (χ1n) is 7.05. The summed E-state index contributed by atoms with van der Waals surface area (Å²) in [6.45, 7) is 1.85. The van der Waals surface area contributed by atoms with Crippen LogP contribution >= 0.6 is 27.7 Å². The van der Waals surface area contributed by atoms with Crippen molar-refractivity contribution in [2.24, 2.45) is 0 Å². The number of rotatable bonds is 3. The molecule has 0 aliphatic carbocycles. The molecule has 2 aromatic carbocycles. The zero-order chi connectivity index (χ0) is 16.6. The van der Waals surface area contributed by atoms with Crippen LogP contribution in [-0.4, -0.2) is 22.2 Å². The zero-order valence-corrected chi connectivity index (χ0v) is 14.7. The molecule has 0 bridgehead atoms. The Balaban J connectivity index is 2.12. The van der Waals surface area contributed by atoms with E-state index < -0.39 is 5.97 Å². The summed E-state index contributed by atoms with van der Waals surface area (Å²) in [5, 5.41) is 9.05. The summed E-state index contributed by atoms with van der Waals surface area (Å²) in [4.78, 5) is 25.8. The monoisotopic (exact) mass is 391 g/mol. The SMILES string of the molecule is CC1SC(c2ccccc2)N(c2ccc(Br)cc2C(=O)O)C1=O. The average Bonchev–Trinajstić information content (AvgIpc) is 2.84.